The Hall–Kier alpha value is -2.05. The predicted octanol–water partition coefficient (Wildman–Crippen LogP) is 4.87. The van der Waals surface area contributed by atoms with E-state index >= 15 is 0 Å². The number of rotatable bonds is 4. The Labute approximate surface area is 142 Å². The maximum atomic E-state index is 13.0. The van der Waals surface area contributed by atoms with Gasteiger partial charge >= 0.3 is 0 Å². The number of hydrogen-bond donors (Lipinski definition) is 1. The first kappa shape index (κ1) is 15.8. The van der Waals surface area contributed by atoms with Gasteiger partial charge in [0.1, 0.15) is 28.0 Å². The second-order valence-electron chi connectivity index (χ2n) is 5.06. The largest absolute Gasteiger partial charge is 0.361 e. The molecule has 4 nitrogen and oxygen atoms in total. The van der Waals surface area contributed by atoms with Crippen molar-refractivity contribution in [1.82, 2.24) is 15.0 Å². The van der Waals surface area contributed by atoms with Gasteiger partial charge < -0.3 is 5.32 Å². The first-order valence-electron chi connectivity index (χ1n) is 7.00. The summed E-state index contributed by atoms with van der Waals surface area (Å²) in [5.41, 5.74) is 1.83. The van der Waals surface area contributed by atoms with Crippen molar-refractivity contribution in [3.8, 4) is 10.6 Å². The Morgan fingerprint density at radius 1 is 1.26 bits per heavy atom. The Morgan fingerprint density at radius 2 is 2.00 bits per heavy atom. The van der Waals surface area contributed by atoms with E-state index in [4.69, 9.17) is 11.6 Å². The summed E-state index contributed by atoms with van der Waals surface area (Å²) in [6.07, 6.45) is 3.00. The summed E-state index contributed by atoms with van der Waals surface area (Å²) in [5.74, 6) is 0.334. The van der Waals surface area contributed by atoms with Gasteiger partial charge in [-0.2, -0.15) is 0 Å². The molecule has 2 heterocycles. The molecule has 1 atom stereocenters. The molecule has 2 aromatic heterocycles. The van der Waals surface area contributed by atoms with Gasteiger partial charge in [0.25, 0.3) is 0 Å². The summed E-state index contributed by atoms with van der Waals surface area (Å²) >= 11 is 7.65. The number of aromatic nitrogens is 3. The van der Waals surface area contributed by atoms with Gasteiger partial charge in [0.15, 0.2) is 0 Å². The zero-order valence-electron chi connectivity index (χ0n) is 12.5. The van der Waals surface area contributed by atoms with Crippen LogP contribution in [0.25, 0.3) is 10.6 Å². The van der Waals surface area contributed by atoms with Crippen molar-refractivity contribution in [2.75, 3.05) is 5.32 Å². The SMILES string of the molecule is Cc1nc(-c2ccc(F)cc2)sc1C(C)Nc1ncncc1Cl. The van der Waals surface area contributed by atoms with Crippen LogP contribution in [0.2, 0.25) is 5.02 Å². The lowest BCUT2D eigenvalue weighted by molar-refractivity contribution is 0.628. The Bertz CT molecular complexity index is 819. The average molecular weight is 349 g/mol. The molecular weight excluding hydrogens is 335 g/mol. The highest BCUT2D eigenvalue weighted by atomic mass is 35.5. The summed E-state index contributed by atoms with van der Waals surface area (Å²) in [7, 11) is 0. The fourth-order valence-corrected chi connectivity index (χ4v) is 3.45. The molecule has 118 valence electrons. The van der Waals surface area contributed by atoms with Crippen LogP contribution in [0.3, 0.4) is 0 Å². The van der Waals surface area contributed by atoms with E-state index in [9.17, 15) is 4.39 Å². The lowest BCUT2D eigenvalue weighted by Gasteiger charge is -2.14. The van der Waals surface area contributed by atoms with Gasteiger partial charge in [0.2, 0.25) is 0 Å². The number of benzene rings is 1. The minimum absolute atomic E-state index is 0.00546. The van der Waals surface area contributed by atoms with Crippen LogP contribution in [0.5, 0.6) is 0 Å². The number of nitrogens with zero attached hydrogens (tertiary/aromatic N) is 3. The van der Waals surface area contributed by atoms with Crippen molar-refractivity contribution in [2.45, 2.75) is 19.9 Å². The van der Waals surface area contributed by atoms with Crippen LogP contribution in [-0.2, 0) is 0 Å². The van der Waals surface area contributed by atoms with Gasteiger partial charge in [-0.1, -0.05) is 11.6 Å². The highest BCUT2D eigenvalue weighted by Crippen LogP contribution is 2.33. The zero-order chi connectivity index (χ0) is 16.4. The van der Waals surface area contributed by atoms with Crippen molar-refractivity contribution >= 4 is 28.8 Å². The molecule has 0 bridgehead atoms. The topological polar surface area (TPSA) is 50.7 Å². The van der Waals surface area contributed by atoms with Crippen LogP contribution in [0.15, 0.2) is 36.8 Å². The van der Waals surface area contributed by atoms with Crippen LogP contribution >= 0.6 is 22.9 Å². The molecule has 0 aliphatic heterocycles. The first-order chi connectivity index (χ1) is 11.0. The molecule has 0 amide bonds. The number of hydrogen-bond acceptors (Lipinski definition) is 5. The van der Waals surface area contributed by atoms with Gasteiger partial charge in [-0.25, -0.2) is 19.3 Å². The molecule has 0 aliphatic rings. The minimum atomic E-state index is -0.254. The lowest BCUT2D eigenvalue weighted by Crippen LogP contribution is -2.08. The first-order valence-corrected chi connectivity index (χ1v) is 8.19. The standard InChI is InChI=1S/C16H14ClFN4S/c1-9(21-15-13(17)7-19-8-20-15)14-10(2)22-16(23-14)11-3-5-12(18)6-4-11/h3-9H,1-2H3,(H,19,20,21). The molecule has 1 unspecified atom stereocenters. The third-order valence-electron chi connectivity index (χ3n) is 3.34. The molecule has 0 spiro atoms. The normalized spacial score (nSPS) is 12.2. The molecule has 0 radical (unpaired) electrons. The smallest absolute Gasteiger partial charge is 0.148 e. The molecule has 3 aromatic rings. The monoisotopic (exact) mass is 348 g/mol. The molecule has 7 heteroatoms. The van der Waals surface area contributed by atoms with Crippen LogP contribution in [-0.4, -0.2) is 15.0 Å². The summed E-state index contributed by atoms with van der Waals surface area (Å²) in [6, 6.07) is 6.34. The van der Waals surface area contributed by atoms with Crippen LogP contribution in [0.4, 0.5) is 10.2 Å². The maximum absolute atomic E-state index is 13.0. The van der Waals surface area contributed by atoms with E-state index in [1.165, 1.54) is 18.5 Å². The Balaban J connectivity index is 1.86. The molecule has 0 fully saturated rings. The molecule has 3 rings (SSSR count). The highest BCUT2D eigenvalue weighted by Gasteiger charge is 2.16. The van der Waals surface area contributed by atoms with Crippen molar-refractivity contribution in [2.24, 2.45) is 0 Å². The molecule has 23 heavy (non-hydrogen) atoms. The number of aryl methyl sites for hydroxylation is 1. The van der Waals surface area contributed by atoms with Gasteiger partial charge in [-0.15, -0.1) is 11.3 Å². The van der Waals surface area contributed by atoms with E-state index in [0.717, 1.165) is 21.1 Å². The molecular formula is C16H14ClFN4S. The summed E-state index contributed by atoms with van der Waals surface area (Å²) in [5, 5.41) is 4.60. The van der Waals surface area contributed by atoms with Crippen molar-refractivity contribution in [3.63, 3.8) is 0 Å². The highest BCUT2D eigenvalue weighted by molar-refractivity contribution is 7.15. The molecule has 0 aliphatic carbocycles. The third kappa shape index (κ3) is 3.48. The molecule has 1 aromatic carbocycles. The molecule has 0 saturated heterocycles. The Kier molecular flexibility index (Phi) is 4.54. The predicted molar refractivity (Wildman–Crippen MR) is 91.3 cm³/mol. The number of nitrogens with one attached hydrogen (secondary N) is 1. The number of halogens is 2. The third-order valence-corrected chi connectivity index (χ3v) is 5.00. The summed E-state index contributed by atoms with van der Waals surface area (Å²) < 4.78 is 13.0. The zero-order valence-corrected chi connectivity index (χ0v) is 14.1. The van der Waals surface area contributed by atoms with Crippen LogP contribution in [0, 0.1) is 12.7 Å². The van der Waals surface area contributed by atoms with Gasteiger partial charge in [-0.05, 0) is 38.1 Å². The second-order valence-corrected chi connectivity index (χ2v) is 6.50. The average Bonchev–Trinajstić information content (AvgIpc) is 2.92. The Morgan fingerprint density at radius 3 is 2.70 bits per heavy atom. The van der Waals surface area contributed by atoms with Crippen LogP contribution in [0.1, 0.15) is 23.5 Å². The van der Waals surface area contributed by atoms with Crippen molar-refractivity contribution in [1.29, 1.82) is 0 Å². The minimum Gasteiger partial charge on any atom is -0.361 e. The summed E-state index contributed by atoms with van der Waals surface area (Å²) in [6.45, 7) is 3.98. The number of anilines is 1. The van der Waals surface area contributed by atoms with E-state index in [0.29, 0.717) is 10.8 Å². The van der Waals surface area contributed by atoms with Gasteiger partial charge in [0.05, 0.1) is 17.9 Å². The fourth-order valence-electron chi connectivity index (χ4n) is 2.22. The van der Waals surface area contributed by atoms with Crippen molar-refractivity contribution in [3.05, 3.63) is 58.2 Å². The van der Waals surface area contributed by atoms with E-state index in [1.807, 2.05) is 13.8 Å². The van der Waals surface area contributed by atoms with E-state index in [1.54, 1.807) is 29.7 Å². The lowest BCUT2D eigenvalue weighted by atomic mass is 10.2. The van der Waals surface area contributed by atoms with Gasteiger partial charge in [0, 0.05) is 10.4 Å². The molecule has 1 N–H and O–H groups in total. The maximum Gasteiger partial charge on any atom is 0.148 e. The van der Waals surface area contributed by atoms with Crippen molar-refractivity contribution < 1.29 is 4.39 Å². The second kappa shape index (κ2) is 6.60. The fraction of sp³-hybridized carbons (Fsp3) is 0.188. The summed E-state index contributed by atoms with van der Waals surface area (Å²) in [4.78, 5) is 13.7. The van der Waals surface area contributed by atoms with E-state index in [2.05, 4.69) is 20.3 Å². The van der Waals surface area contributed by atoms with E-state index < -0.39 is 0 Å². The number of thiazole rings is 1. The van der Waals surface area contributed by atoms with E-state index in [-0.39, 0.29) is 11.9 Å². The quantitative estimate of drug-likeness (QED) is 0.730. The van der Waals surface area contributed by atoms with Crippen LogP contribution < -0.4 is 5.32 Å². The molecule has 0 saturated carbocycles. The van der Waals surface area contributed by atoms with Gasteiger partial charge in [-0.3, -0.25) is 0 Å².